The SMILES string of the molecule is CC(C)(CCO)CNCC(O)c1ccc(F)cc1F. The predicted octanol–water partition coefficient (Wildman–Crippen LogP) is 2.00. The molecule has 0 aliphatic rings. The molecule has 0 amide bonds. The summed E-state index contributed by atoms with van der Waals surface area (Å²) in [6.07, 6.45) is -0.383. The van der Waals surface area contributed by atoms with Crippen LogP contribution in [0, 0.1) is 17.0 Å². The van der Waals surface area contributed by atoms with Crippen molar-refractivity contribution < 1.29 is 19.0 Å². The molecule has 0 heterocycles. The summed E-state index contributed by atoms with van der Waals surface area (Å²) in [4.78, 5) is 0. The highest BCUT2D eigenvalue weighted by Crippen LogP contribution is 2.20. The van der Waals surface area contributed by atoms with Gasteiger partial charge in [0.1, 0.15) is 11.6 Å². The van der Waals surface area contributed by atoms with Gasteiger partial charge in [0.2, 0.25) is 0 Å². The molecule has 3 nitrogen and oxygen atoms in total. The van der Waals surface area contributed by atoms with Crippen molar-refractivity contribution in [1.82, 2.24) is 5.32 Å². The molecule has 1 aromatic carbocycles. The number of hydrogen-bond acceptors (Lipinski definition) is 3. The summed E-state index contributed by atoms with van der Waals surface area (Å²) in [5.74, 6) is -1.41. The number of rotatable bonds is 7. The second kappa shape index (κ2) is 6.93. The molecule has 0 fully saturated rings. The van der Waals surface area contributed by atoms with E-state index in [4.69, 9.17) is 5.11 Å². The Labute approximate surface area is 112 Å². The molecule has 1 rings (SSSR count). The first-order chi connectivity index (χ1) is 8.85. The van der Waals surface area contributed by atoms with E-state index in [9.17, 15) is 13.9 Å². The highest BCUT2D eigenvalue weighted by Gasteiger charge is 2.18. The Kier molecular flexibility index (Phi) is 5.85. The Morgan fingerprint density at radius 3 is 2.58 bits per heavy atom. The number of hydrogen-bond donors (Lipinski definition) is 3. The summed E-state index contributed by atoms with van der Waals surface area (Å²) in [7, 11) is 0. The topological polar surface area (TPSA) is 52.5 Å². The first-order valence-corrected chi connectivity index (χ1v) is 6.30. The van der Waals surface area contributed by atoms with E-state index in [1.165, 1.54) is 6.07 Å². The Morgan fingerprint density at radius 1 is 1.32 bits per heavy atom. The van der Waals surface area contributed by atoms with Crippen molar-refractivity contribution in [3.63, 3.8) is 0 Å². The molecule has 5 heteroatoms. The Bertz CT molecular complexity index is 410. The summed E-state index contributed by atoms with van der Waals surface area (Å²) in [5, 5.41) is 21.8. The molecule has 1 aromatic rings. The molecule has 0 spiro atoms. The van der Waals surface area contributed by atoms with E-state index < -0.39 is 17.7 Å². The lowest BCUT2D eigenvalue weighted by Gasteiger charge is -2.25. The van der Waals surface area contributed by atoms with Gasteiger partial charge in [-0.2, -0.15) is 0 Å². The van der Waals surface area contributed by atoms with Crippen LogP contribution >= 0.6 is 0 Å². The van der Waals surface area contributed by atoms with E-state index in [0.29, 0.717) is 13.0 Å². The van der Waals surface area contributed by atoms with Gasteiger partial charge in [-0.3, -0.25) is 0 Å². The van der Waals surface area contributed by atoms with Gasteiger partial charge in [0, 0.05) is 31.3 Å². The molecule has 108 valence electrons. The van der Waals surface area contributed by atoms with E-state index in [-0.39, 0.29) is 24.1 Å². The van der Waals surface area contributed by atoms with E-state index >= 15 is 0 Å². The van der Waals surface area contributed by atoms with E-state index in [0.717, 1.165) is 12.1 Å². The average Bonchev–Trinajstić information content (AvgIpc) is 2.28. The lowest BCUT2D eigenvalue weighted by Crippen LogP contribution is -2.33. The second-order valence-corrected chi connectivity index (χ2v) is 5.45. The number of benzene rings is 1. The summed E-state index contributed by atoms with van der Waals surface area (Å²) in [6, 6.07) is 3.13. The largest absolute Gasteiger partial charge is 0.396 e. The number of aliphatic hydroxyl groups excluding tert-OH is 2. The van der Waals surface area contributed by atoms with Crippen molar-refractivity contribution >= 4 is 0 Å². The molecular weight excluding hydrogens is 252 g/mol. The van der Waals surface area contributed by atoms with Gasteiger partial charge in [0.15, 0.2) is 0 Å². The molecule has 0 aliphatic carbocycles. The van der Waals surface area contributed by atoms with Crippen molar-refractivity contribution in [2.24, 2.45) is 5.41 Å². The number of aliphatic hydroxyl groups is 2. The normalized spacial score (nSPS) is 13.6. The highest BCUT2D eigenvalue weighted by atomic mass is 19.1. The Morgan fingerprint density at radius 2 is 2.00 bits per heavy atom. The molecule has 0 radical (unpaired) electrons. The zero-order valence-electron chi connectivity index (χ0n) is 11.3. The van der Waals surface area contributed by atoms with Crippen LogP contribution in [0.2, 0.25) is 0 Å². The van der Waals surface area contributed by atoms with Crippen molar-refractivity contribution in [3.05, 3.63) is 35.4 Å². The maximum absolute atomic E-state index is 13.4. The average molecular weight is 273 g/mol. The summed E-state index contributed by atoms with van der Waals surface area (Å²) >= 11 is 0. The summed E-state index contributed by atoms with van der Waals surface area (Å²) in [6.45, 7) is 4.84. The van der Waals surface area contributed by atoms with Crippen LogP contribution in [0.15, 0.2) is 18.2 Å². The van der Waals surface area contributed by atoms with Crippen LogP contribution in [0.5, 0.6) is 0 Å². The van der Waals surface area contributed by atoms with Crippen LogP contribution in [0.3, 0.4) is 0 Å². The van der Waals surface area contributed by atoms with Crippen LogP contribution in [0.1, 0.15) is 31.9 Å². The molecule has 0 saturated carbocycles. The third-order valence-corrected chi connectivity index (χ3v) is 3.05. The van der Waals surface area contributed by atoms with Gasteiger partial charge in [-0.05, 0) is 17.9 Å². The molecule has 0 aromatic heterocycles. The van der Waals surface area contributed by atoms with E-state index in [1.54, 1.807) is 0 Å². The third kappa shape index (κ3) is 5.22. The van der Waals surface area contributed by atoms with Crippen LogP contribution in [0.4, 0.5) is 8.78 Å². The monoisotopic (exact) mass is 273 g/mol. The van der Waals surface area contributed by atoms with Gasteiger partial charge in [-0.15, -0.1) is 0 Å². The summed E-state index contributed by atoms with van der Waals surface area (Å²) < 4.78 is 26.2. The number of halogens is 2. The second-order valence-electron chi connectivity index (χ2n) is 5.45. The molecule has 1 atom stereocenters. The fourth-order valence-corrected chi connectivity index (χ4v) is 1.82. The van der Waals surface area contributed by atoms with Crippen LogP contribution in [-0.4, -0.2) is 29.9 Å². The maximum Gasteiger partial charge on any atom is 0.131 e. The van der Waals surface area contributed by atoms with Gasteiger partial charge in [-0.25, -0.2) is 8.78 Å². The molecule has 0 bridgehead atoms. The highest BCUT2D eigenvalue weighted by molar-refractivity contribution is 5.21. The Hall–Kier alpha value is -1.04. The summed E-state index contributed by atoms with van der Waals surface area (Å²) in [5.41, 5.74) is -0.0237. The maximum atomic E-state index is 13.4. The van der Waals surface area contributed by atoms with Gasteiger partial charge in [-0.1, -0.05) is 19.9 Å². The quantitative estimate of drug-likeness (QED) is 0.712. The minimum Gasteiger partial charge on any atom is -0.396 e. The van der Waals surface area contributed by atoms with Crippen molar-refractivity contribution in [2.75, 3.05) is 19.7 Å². The number of nitrogens with one attached hydrogen (secondary N) is 1. The first kappa shape index (κ1) is 16.0. The predicted molar refractivity (Wildman–Crippen MR) is 69.7 cm³/mol. The fourth-order valence-electron chi connectivity index (χ4n) is 1.82. The zero-order valence-corrected chi connectivity index (χ0v) is 11.3. The first-order valence-electron chi connectivity index (χ1n) is 6.30. The van der Waals surface area contributed by atoms with Gasteiger partial charge in [0.05, 0.1) is 6.10 Å². The van der Waals surface area contributed by atoms with Crippen LogP contribution in [-0.2, 0) is 0 Å². The smallest absolute Gasteiger partial charge is 0.131 e. The van der Waals surface area contributed by atoms with Crippen molar-refractivity contribution in [2.45, 2.75) is 26.4 Å². The Balaban J connectivity index is 2.49. The van der Waals surface area contributed by atoms with E-state index in [2.05, 4.69) is 5.32 Å². The van der Waals surface area contributed by atoms with E-state index in [1.807, 2.05) is 13.8 Å². The fraction of sp³-hybridized carbons (Fsp3) is 0.571. The standard InChI is InChI=1S/C14H21F2NO2/c1-14(2,5-6-18)9-17-8-13(19)11-4-3-10(15)7-12(11)16/h3-4,7,13,17-19H,5-6,8-9H2,1-2H3. The van der Waals surface area contributed by atoms with Crippen LogP contribution < -0.4 is 5.32 Å². The van der Waals surface area contributed by atoms with Crippen molar-refractivity contribution in [3.8, 4) is 0 Å². The zero-order chi connectivity index (χ0) is 14.5. The third-order valence-electron chi connectivity index (χ3n) is 3.05. The van der Waals surface area contributed by atoms with Crippen molar-refractivity contribution in [1.29, 1.82) is 0 Å². The van der Waals surface area contributed by atoms with Gasteiger partial charge in [0.25, 0.3) is 0 Å². The minimum absolute atomic E-state index is 0.0777. The molecule has 0 saturated heterocycles. The molecule has 19 heavy (non-hydrogen) atoms. The van der Waals surface area contributed by atoms with Gasteiger partial charge >= 0.3 is 0 Å². The molecule has 0 aliphatic heterocycles. The minimum atomic E-state index is -1.02. The molecule has 1 unspecified atom stereocenters. The molecule has 3 N–H and O–H groups in total. The lowest BCUT2D eigenvalue weighted by molar-refractivity contribution is 0.157. The molecular formula is C14H21F2NO2. The van der Waals surface area contributed by atoms with Gasteiger partial charge < -0.3 is 15.5 Å². The lowest BCUT2D eigenvalue weighted by atomic mass is 9.89. The van der Waals surface area contributed by atoms with Crippen LogP contribution in [0.25, 0.3) is 0 Å².